The molecule has 1 atom stereocenters. The number of carbonyl (C=O) groups is 2. The first-order valence-electron chi connectivity index (χ1n) is 13.4. The molecule has 0 aliphatic carbocycles. The number of anilines is 3. The van der Waals surface area contributed by atoms with Gasteiger partial charge in [-0.1, -0.05) is 17.7 Å². The Morgan fingerprint density at radius 1 is 1.24 bits per heavy atom. The summed E-state index contributed by atoms with van der Waals surface area (Å²) in [5.41, 5.74) is 1.59. The molecule has 2 aliphatic rings. The number of ether oxygens (including phenoxy) is 3. The van der Waals surface area contributed by atoms with E-state index >= 15 is 0 Å². The van der Waals surface area contributed by atoms with Gasteiger partial charge in [0, 0.05) is 49.5 Å². The molecule has 3 aromatic rings. The lowest BCUT2D eigenvalue weighted by Gasteiger charge is -2.29. The zero-order chi connectivity index (χ0) is 28.8. The van der Waals surface area contributed by atoms with E-state index in [0.717, 1.165) is 12.8 Å². The number of benzene rings is 2. The van der Waals surface area contributed by atoms with Crippen LogP contribution in [0.5, 0.6) is 5.75 Å². The lowest BCUT2D eigenvalue weighted by Crippen LogP contribution is -2.44. The SMILES string of the molecule is C[C@H]1CN(CC=CC(=O)Nc2cc3c(Nc4ccc(F)c(Cl)c4)ncnc3cc2OCC2CCOCC2)CC(=O)O1. The van der Waals surface area contributed by atoms with Crippen LogP contribution in [0.2, 0.25) is 5.02 Å². The highest BCUT2D eigenvalue weighted by molar-refractivity contribution is 6.31. The van der Waals surface area contributed by atoms with Gasteiger partial charge >= 0.3 is 5.97 Å². The van der Waals surface area contributed by atoms with Gasteiger partial charge in [0.25, 0.3) is 0 Å². The van der Waals surface area contributed by atoms with Crippen molar-refractivity contribution in [2.45, 2.75) is 25.9 Å². The molecule has 5 rings (SSSR count). The number of aromatic nitrogens is 2. The molecule has 0 saturated carbocycles. The lowest BCUT2D eigenvalue weighted by molar-refractivity contribution is -0.156. The molecule has 0 unspecified atom stereocenters. The number of halogens is 2. The van der Waals surface area contributed by atoms with Gasteiger partial charge in [-0.3, -0.25) is 14.5 Å². The van der Waals surface area contributed by atoms with Crippen LogP contribution in [0.1, 0.15) is 19.8 Å². The first-order valence-corrected chi connectivity index (χ1v) is 13.8. The molecule has 10 nitrogen and oxygen atoms in total. The number of cyclic esters (lactones) is 1. The van der Waals surface area contributed by atoms with E-state index in [2.05, 4.69) is 20.6 Å². The zero-order valence-corrected chi connectivity index (χ0v) is 23.3. The molecular weight excluding hydrogens is 553 g/mol. The maximum Gasteiger partial charge on any atom is 0.320 e. The van der Waals surface area contributed by atoms with Crippen LogP contribution < -0.4 is 15.4 Å². The van der Waals surface area contributed by atoms with Crippen LogP contribution in [-0.4, -0.2) is 72.3 Å². The Kier molecular flexibility index (Phi) is 9.28. The molecule has 2 N–H and O–H groups in total. The van der Waals surface area contributed by atoms with E-state index in [1.165, 1.54) is 24.5 Å². The second-order valence-corrected chi connectivity index (χ2v) is 10.5. The van der Waals surface area contributed by atoms with Gasteiger partial charge in [0.1, 0.15) is 29.8 Å². The predicted molar refractivity (Wildman–Crippen MR) is 153 cm³/mol. The fourth-order valence-corrected chi connectivity index (χ4v) is 4.94. The number of hydrogen-bond donors (Lipinski definition) is 2. The van der Waals surface area contributed by atoms with Crippen LogP contribution in [0.3, 0.4) is 0 Å². The summed E-state index contributed by atoms with van der Waals surface area (Å²) in [7, 11) is 0. The zero-order valence-electron chi connectivity index (χ0n) is 22.6. The molecular formula is C29H31ClFN5O5. The number of carbonyl (C=O) groups excluding carboxylic acids is 2. The number of rotatable bonds is 9. The standard InChI is InChI=1S/C29H31ClFN5O5/c1-18-14-36(15-28(38)41-18)8-2-3-27(37)35-25-12-21-24(13-26(25)40-16-19-6-9-39-10-7-19)32-17-33-29(21)34-20-4-5-23(31)22(30)11-20/h2-5,11-13,17-19H,6-10,14-16H2,1H3,(H,35,37)(H,32,33,34)/t18-/m0/s1. The van der Waals surface area contributed by atoms with Crippen molar-refractivity contribution >= 4 is 51.6 Å². The van der Waals surface area contributed by atoms with Crippen LogP contribution in [0.25, 0.3) is 10.9 Å². The Labute approximate surface area is 241 Å². The van der Waals surface area contributed by atoms with Crippen LogP contribution in [0.15, 0.2) is 48.8 Å². The highest BCUT2D eigenvalue weighted by atomic mass is 35.5. The molecule has 2 aromatic carbocycles. The Morgan fingerprint density at radius 2 is 2.07 bits per heavy atom. The van der Waals surface area contributed by atoms with E-state index in [-0.39, 0.29) is 29.5 Å². The number of esters is 1. The summed E-state index contributed by atoms with van der Waals surface area (Å²) in [6, 6.07) is 7.79. The van der Waals surface area contributed by atoms with Gasteiger partial charge in [0.2, 0.25) is 5.91 Å². The number of nitrogens with zero attached hydrogens (tertiary/aromatic N) is 3. The monoisotopic (exact) mass is 583 g/mol. The van der Waals surface area contributed by atoms with Gasteiger partial charge < -0.3 is 24.8 Å². The summed E-state index contributed by atoms with van der Waals surface area (Å²) in [5, 5.41) is 6.66. The van der Waals surface area contributed by atoms with Crippen LogP contribution in [0, 0.1) is 11.7 Å². The summed E-state index contributed by atoms with van der Waals surface area (Å²) < 4.78 is 30.5. The highest BCUT2D eigenvalue weighted by Gasteiger charge is 2.22. The average molecular weight is 584 g/mol. The summed E-state index contributed by atoms with van der Waals surface area (Å²) in [6.45, 7) is 4.91. The quantitative estimate of drug-likeness (QED) is 0.273. The van der Waals surface area contributed by atoms with Crippen molar-refractivity contribution in [2.24, 2.45) is 5.92 Å². The summed E-state index contributed by atoms with van der Waals surface area (Å²) in [5.74, 6) is 0.109. The minimum atomic E-state index is -0.524. The molecule has 1 amide bonds. The number of nitrogens with one attached hydrogen (secondary N) is 2. The molecule has 1 aromatic heterocycles. The van der Waals surface area contributed by atoms with Gasteiger partial charge in [0.15, 0.2) is 0 Å². The van der Waals surface area contributed by atoms with Crippen LogP contribution >= 0.6 is 11.6 Å². The minimum absolute atomic E-state index is 0.0206. The molecule has 0 bridgehead atoms. The van der Waals surface area contributed by atoms with Crippen molar-refractivity contribution in [3.05, 3.63) is 59.7 Å². The lowest BCUT2D eigenvalue weighted by atomic mass is 10.0. The van der Waals surface area contributed by atoms with E-state index in [4.69, 9.17) is 25.8 Å². The van der Waals surface area contributed by atoms with Crippen LogP contribution in [-0.2, 0) is 19.1 Å². The Balaban J connectivity index is 1.37. The van der Waals surface area contributed by atoms with Crippen molar-refractivity contribution in [1.82, 2.24) is 14.9 Å². The maximum atomic E-state index is 13.7. The normalized spacial score (nSPS) is 18.4. The van der Waals surface area contributed by atoms with Gasteiger partial charge in [0.05, 0.1) is 29.4 Å². The summed E-state index contributed by atoms with van der Waals surface area (Å²) in [6.07, 6.45) is 6.16. The smallest absolute Gasteiger partial charge is 0.320 e. The summed E-state index contributed by atoms with van der Waals surface area (Å²) in [4.78, 5) is 35.3. The third kappa shape index (κ3) is 7.69. The molecule has 216 valence electrons. The van der Waals surface area contributed by atoms with Crippen molar-refractivity contribution in [2.75, 3.05) is 50.1 Å². The molecule has 0 spiro atoms. The van der Waals surface area contributed by atoms with Gasteiger partial charge in [-0.2, -0.15) is 0 Å². The largest absolute Gasteiger partial charge is 0.491 e. The molecule has 3 heterocycles. The summed E-state index contributed by atoms with van der Waals surface area (Å²) >= 11 is 5.95. The van der Waals surface area contributed by atoms with E-state index in [1.54, 1.807) is 24.3 Å². The molecule has 0 radical (unpaired) electrons. The van der Waals surface area contributed by atoms with E-state index in [1.807, 2.05) is 11.8 Å². The highest BCUT2D eigenvalue weighted by Crippen LogP contribution is 2.34. The van der Waals surface area contributed by atoms with Crippen molar-refractivity contribution in [3.8, 4) is 5.75 Å². The molecule has 12 heteroatoms. The second kappa shape index (κ2) is 13.2. The Morgan fingerprint density at radius 3 is 2.85 bits per heavy atom. The van der Waals surface area contributed by atoms with Gasteiger partial charge in [-0.05, 0) is 49.9 Å². The predicted octanol–water partition coefficient (Wildman–Crippen LogP) is 4.71. The molecule has 2 fully saturated rings. The van der Waals surface area contributed by atoms with Crippen molar-refractivity contribution in [1.29, 1.82) is 0 Å². The third-order valence-corrected chi connectivity index (χ3v) is 7.12. The van der Waals surface area contributed by atoms with Crippen molar-refractivity contribution < 1.29 is 28.2 Å². The van der Waals surface area contributed by atoms with Crippen molar-refractivity contribution in [3.63, 3.8) is 0 Å². The van der Waals surface area contributed by atoms with Gasteiger partial charge in [-0.15, -0.1) is 0 Å². The van der Waals surface area contributed by atoms with Gasteiger partial charge in [-0.25, -0.2) is 14.4 Å². The number of hydrogen-bond acceptors (Lipinski definition) is 9. The average Bonchev–Trinajstić information content (AvgIpc) is 2.94. The first kappa shape index (κ1) is 28.7. The Bertz CT molecular complexity index is 1450. The second-order valence-electron chi connectivity index (χ2n) is 10.1. The molecule has 41 heavy (non-hydrogen) atoms. The van der Waals surface area contributed by atoms with E-state index in [9.17, 15) is 14.0 Å². The topological polar surface area (TPSA) is 115 Å². The fraction of sp³-hybridized carbons (Fsp3) is 0.379. The number of morpholine rings is 1. The molecule has 2 aliphatic heterocycles. The van der Waals surface area contributed by atoms with Crippen LogP contribution in [0.4, 0.5) is 21.6 Å². The first-order chi connectivity index (χ1) is 19.8. The Hall–Kier alpha value is -3.80. The molecule has 2 saturated heterocycles. The minimum Gasteiger partial charge on any atom is -0.491 e. The van der Waals surface area contributed by atoms with E-state index < -0.39 is 5.82 Å². The van der Waals surface area contributed by atoms with E-state index in [0.29, 0.717) is 72.7 Å². The maximum absolute atomic E-state index is 13.7. The fourth-order valence-electron chi connectivity index (χ4n) is 4.76. The number of amides is 1. The number of fused-ring (bicyclic) bond motifs is 1. The third-order valence-electron chi connectivity index (χ3n) is 6.83.